The van der Waals surface area contributed by atoms with Gasteiger partial charge in [-0.2, -0.15) is 0 Å². The molecule has 0 aliphatic carbocycles. The molecule has 8 nitrogen and oxygen atoms in total. The van der Waals surface area contributed by atoms with Crippen molar-refractivity contribution in [2.24, 2.45) is 5.92 Å². The van der Waals surface area contributed by atoms with Gasteiger partial charge in [0.05, 0.1) is 17.7 Å². The Morgan fingerprint density at radius 3 is 2.78 bits per heavy atom. The van der Waals surface area contributed by atoms with Crippen molar-refractivity contribution < 1.29 is 19.4 Å². The number of nitrogens with zero attached hydrogens (tertiary/aromatic N) is 2. The molecule has 0 bridgehead atoms. The van der Waals surface area contributed by atoms with Crippen molar-refractivity contribution in [1.82, 2.24) is 14.8 Å². The van der Waals surface area contributed by atoms with E-state index in [4.69, 9.17) is 9.47 Å². The summed E-state index contributed by atoms with van der Waals surface area (Å²) in [7, 11) is 1.86. The van der Waals surface area contributed by atoms with Crippen LogP contribution in [-0.4, -0.2) is 65.0 Å². The molecule has 4 heterocycles. The Morgan fingerprint density at radius 1 is 1.12 bits per heavy atom. The van der Waals surface area contributed by atoms with Gasteiger partial charge in [0, 0.05) is 54.4 Å². The van der Waals surface area contributed by atoms with E-state index in [1.807, 2.05) is 51.2 Å². The first kappa shape index (κ1) is 25.9. The minimum absolute atomic E-state index is 0.0472. The number of amides is 2. The molecule has 3 aliphatic rings. The molecule has 3 aromatic carbocycles. The Labute approximate surface area is 239 Å². The number of aliphatic hydroxyl groups is 1. The molecule has 1 fully saturated rings. The molecule has 0 saturated carbocycles. The summed E-state index contributed by atoms with van der Waals surface area (Å²) in [6, 6.07) is 20.2. The SMILES string of the molecule is Cc1ccccc1NC(=O)N(C)[C@H]1C[C@H]2c3[nH]c4c(-c5ccc6c(c5)OCO6)cccc4c3CCN2C[C@H]1[C@H](C)O. The molecule has 0 spiro atoms. The van der Waals surface area contributed by atoms with Gasteiger partial charge in [-0.25, -0.2) is 4.79 Å². The minimum Gasteiger partial charge on any atom is -0.454 e. The van der Waals surface area contributed by atoms with E-state index in [0.29, 0.717) is 0 Å². The highest BCUT2D eigenvalue weighted by Gasteiger charge is 2.44. The minimum atomic E-state index is -0.531. The molecule has 3 aliphatic heterocycles. The van der Waals surface area contributed by atoms with Crippen LogP contribution in [0.5, 0.6) is 11.5 Å². The fraction of sp³-hybridized carbons (Fsp3) is 0.364. The van der Waals surface area contributed by atoms with Crippen molar-refractivity contribution in [2.75, 3.05) is 32.2 Å². The number of piperidine rings is 1. The number of fused-ring (bicyclic) bond motifs is 6. The van der Waals surface area contributed by atoms with Gasteiger partial charge in [-0.3, -0.25) is 4.90 Å². The summed E-state index contributed by atoms with van der Waals surface area (Å²) >= 11 is 0. The molecule has 8 heteroatoms. The zero-order valence-corrected chi connectivity index (χ0v) is 23.7. The molecule has 7 rings (SSSR count). The van der Waals surface area contributed by atoms with Crippen molar-refractivity contribution in [1.29, 1.82) is 0 Å². The fourth-order valence-corrected chi connectivity index (χ4v) is 7.01. The number of H-pyrrole nitrogens is 1. The third-order valence-electron chi connectivity index (χ3n) is 9.31. The second-order valence-electron chi connectivity index (χ2n) is 11.6. The quantitative estimate of drug-likeness (QED) is 0.302. The van der Waals surface area contributed by atoms with Gasteiger partial charge in [0.1, 0.15) is 0 Å². The van der Waals surface area contributed by atoms with Gasteiger partial charge in [0.25, 0.3) is 0 Å². The first-order chi connectivity index (χ1) is 19.9. The van der Waals surface area contributed by atoms with E-state index in [2.05, 4.69) is 45.5 Å². The molecular weight excluding hydrogens is 516 g/mol. The summed E-state index contributed by atoms with van der Waals surface area (Å²) < 4.78 is 11.2. The van der Waals surface area contributed by atoms with Gasteiger partial charge in [-0.05, 0) is 61.6 Å². The van der Waals surface area contributed by atoms with E-state index >= 15 is 0 Å². The smallest absolute Gasteiger partial charge is 0.321 e. The third kappa shape index (κ3) is 4.42. The third-order valence-corrected chi connectivity index (χ3v) is 9.31. The Bertz CT molecular complexity index is 1630. The van der Waals surface area contributed by atoms with Gasteiger partial charge in [-0.1, -0.05) is 42.5 Å². The standard InChI is InChI=1S/C33H36N4O4/c1-19-7-4-5-10-26(19)34-33(39)36(3)27-16-28-32-24(13-14-37(28)17-25(27)20(2)38)23-9-6-8-22(31(23)35-32)21-11-12-29-30(15-21)41-18-40-29/h4-12,15,20,25,27-28,35,38H,13-14,16-18H2,1-3H3,(H,34,39)/t20-,25-,27-,28-/m0/s1. The van der Waals surface area contributed by atoms with E-state index in [-0.39, 0.29) is 30.8 Å². The number of para-hydroxylation sites is 2. The van der Waals surface area contributed by atoms with Crippen LogP contribution in [0.15, 0.2) is 60.7 Å². The average molecular weight is 553 g/mol. The number of benzene rings is 3. The normalized spacial score (nSPS) is 22.2. The summed E-state index contributed by atoms with van der Waals surface area (Å²) in [5.41, 5.74) is 7.74. The molecule has 212 valence electrons. The summed E-state index contributed by atoms with van der Waals surface area (Å²) in [5, 5.41) is 15.2. The molecule has 1 saturated heterocycles. The van der Waals surface area contributed by atoms with Crippen LogP contribution in [0.4, 0.5) is 10.5 Å². The van der Waals surface area contributed by atoms with Gasteiger partial charge >= 0.3 is 6.03 Å². The molecule has 4 atom stereocenters. The van der Waals surface area contributed by atoms with E-state index in [1.165, 1.54) is 16.6 Å². The summed E-state index contributed by atoms with van der Waals surface area (Å²) in [4.78, 5) is 21.6. The van der Waals surface area contributed by atoms with Crippen molar-refractivity contribution in [2.45, 2.75) is 44.9 Å². The molecule has 0 radical (unpaired) electrons. The zero-order valence-electron chi connectivity index (χ0n) is 23.7. The number of rotatable bonds is 4. The summed E-state index contributed by atoms with van der Waals surface area (Å²) in [6.45, 7) is 5.75. The number of carbonyl (C=O) groups is 1. The van der Waals surface area contributed by atoms with E-state index < -0.39 is 6.10 Å². The maximum atomic E-state index is 13.5. The highest BCUT2D eigenvalue weighted by Crippen LogP contribution is 2.45. The number of anilines is 1. The number of hydrogen-bond donors (Lipinski definition) is 3. The van der Waals surface area contributed by atoms with Crippen LogP contribution in [-0.2, 0) is 6.42 Å². The second kappa shape index (κ2) is 10.1. The molecule has 1 aromatic heterocycles. The first-order valence-electron chi connectivity index (χ1n) is 14.4. The van der Waals surface area contributed by atoms with E-state index in [0.717, 1.165) is 65.3 Å². The van der Waals surface area contributed by atoms with Gasteiger partial charge in [0.2, 0.25) is 6.79 Å². The van der Waals surface area contributed by atoms with Crippen LogP contribution in [0.3, 0.4) is 0 Å². The Hall–Kier alpha value is -4.01. The number of urea groups is 1. The Kier molecular flexibility index (Phi) is 6.40. The maximum Gasteiger partial charge on any atom is 0.321 e. The topological polar surface area (TPSA) is 90.1 Å². The lowest BCUT2D eigenvalue weighted by molar-refractivity contribution is -0.0177. The van der Waals surface area contributed by atoms with Crippen molar-refractivity contribution in [3.05, 3.63) is 77.5 Å². The number of hydrogen-bond acceptors (Lipinski definition) is 5. The molecular formula is C33H36N4O4. The number of aliphatic hydroxyl groups excluding tert-OH is 1. The van der Waals surface area contributed by atoms with Gasteiger partial charge in [0.15, 0.2) is 11.5 Å². The van der Waals surface area contributed by atoms with Crippen molar-refractivity contribution >= 4 is 22.6 Å². The Morgan fingerprint density at radius 2 is 1.95 bits per heavy atom. The number of aryl methyl sites for hydroxylation is 1. The monoisotopic (exact) mass is 552 g/mol. The number of nitrogens with one attached hydrogen (secondary N) is 2. The average Bonchev–Trinajstić information content (AvgIpc) is 3.61. The maximum absolute atomic E-state index is 13.5. The summed E-state index contributed by atoms with van der Waals surface area (Å²) in [5.74, 6) is 1.50. The van der Waals surface area contributed by atoms with Crippen LogP contribution in [0.2, 0.25) is 0 Å². The Balaban J connectivity index is 1.22. The largest absolute Gasteiger partial charge is 0.454 e. The molecule has 4 aromatic rings. The van der Waals surface area contributed by atoms with Crippen LogP contribution in [0, 0.1) is 12.8 Å². The lowest BCUT2D eigenvalue weighted by atomic mass is 9.80. The van der Waals surface area contributed by atoms with Crippen molar-refractivity contribution in [3.63, 3.8) is 0 Å². The van der Waals surface area contributed by atoms with E-state index in [1.54, 1.807) is 4.90 Å². The van der Waals surface area contributed by atoms with Crippen molar-refractivity contribution in [3.8, 4) is 22.6 Å². The fourth-order valence-electron chi connectivity index (χ4n) is 7.01. The highest BCUT2D eigenvalue weighted by atomic mass is 16.7. The molecule has 41 heavy (non-hydrogen) atoms. The lowest BCUT2D eigenvalue weighted by Gasteiger charge is -2.49. The number of ether oxygens (including phenoxy) is 2. The first-order valence-corrected chi connectivity index (χ1v) is 14.4. The molecule has 2 amide bonds. The highest BCUT2D eigenvalue weighted by molar-refractivity contribution is 5.97. The van der Waals surface area contributed by atoms with E-state index in [9.17, 15) is 9.90 Å². The predicted molar refractivity (Wildman–Crippen MR) is 159 cm³/mol. The van der Waals surface area contributed by atoms with Crippen LogP contribution in [0.25, 0.3) is 22.0 Å². The number of carbonyl (C=O) groups excluding carboxylic acids is 1. The molecule has 0 unspecified atom stereocenters. The van der Waals surface area contributed by atoms with Crippen LogP contribution < -0.4 is 14.8 Å². The second-order valence-corrected chi connectivity index (χ2v) is 11.6. The van der Waals surface area contributed by atoms with Gasteiger partial charge < -0.3 is 29.8 Å². The lowest BCUT2D eigenvalue weighted by Crippen LogP contribution is -2.57. The van der Waals surface area contributed by atoms with Gasteiger partial charge in [-0.15, -0.1) is 0 Å². The predicted octanol–water partition coefficient (Wildman–Crippen LogP) is 5.70. The summed E-state index contributed by atoms with van der Waals surface area (Å²) in [6.07, 6.45) is 1.15. The van der Waals surface area contributed by atoms with Crippen LogP contribution in [0.1, 0.15) is 36.2 Å². The zero-order chi connectivity index (χ0) is 28.2. The van der Waals surface area contributed by atoms with Crippen LogP contribution >= 0.6 is 0 Å². The number of aromatic nitrogens is 1. The number of aromatic amines is 1. The molecule has 3 N–H and O–H groups in total.